The molecule has 1 aromatic heterocycles. The Kier molecular flexibility index (Phi) is 4.52. The molecule has 0 atom stereocenters. The highest BCUT2D eigenvalue weighted by Gasteiger charge is 2.19. The molecule has 1 N–H and O–H groups in total. The van der Waals surface area contributed by atoms with Gasteiger partial charge in [-0.05, 0) is 37.5 Å². The van der Waals surface area contributed by atoms with Crippen LogP contribution in [0.5, 0.6) is 0 Å². The monoisotopic (exact) mass is 348 g/mol. The SMILES string of the molecule is Cc1nc(NCc2ccccc2F)cc(N2CCCc3ccccc32)n1. The molecule has 2 aromatic carbocycles. The highest BCUT2D eigenvalue weighted by atomic mass is 19.1. The number of aromatic nitrogens is 2. The first-order valence-corrected chi connectivity index (χ1v) is 8.89. The number of hydrogen-bond donors (Lipinski definition) is 1. The van der Waals surface area contributed by atoms with Crippen molar-refractivity contribution in [3.8, 4) is 0 Å². The van der Waals surface area contributed by atoms with Crippen LogP contribution in [0.3, 0.4) is 0 Å². The van der Waals surface area contributed by atoms with E-state index in [2.05, 4.69) is 44.5 Å². The topological polar surface area (TPSA) is 41.1 Å². The summed E-state index contributed by atoms with van der Waals surface area (Å²) in [6.45, 7) is 3.20. The molecule has 0 unspecified atom stereocenters. The van der Waals surface area contributed by atoms with E-state index in [1.807, 2.05) is 19.1 Å². The van der Waals surface area contributed by atoms with Crippen molar-refractivity contribution < 1.29 is 4.39 Å². The van der Waals surface area contributed by atoms with Crippen LogP contribution < -0.4 is 10.2 Å². The smallest absolute Gasteiger partial charge is 0.138 e. The Balaban J connectivity index is 1.60. The van der Waals surface area contributed by atoms with Gasteiger partial charge in [0, 0.05) is 30.4 Å². The fourth-order valence-corrected chi connectivity index (χ4v) is 3.38. The first-order valence-electron chi connectivity index (χ1n) is 8.89. The van der Waals surface area contributed by atoms with Gasteiger partial charge in [0.15, 0.2) is 0 Å². The van der Waals surface area contributed by atoms with Crippen molar-refractivity contribution >= 4 is 17.3 Å². The average molecular weight is 348 g/mol. The second-order valence-electron chi connectivity index (χ2n) is 6.49. The number of rotatable bonds is 4. The van der Waals surface area contributed by atoms with Crippen molar-refractivity contribution in [1.29, 1.82) is 0 Å². The molecule has 2 heterocycles. The lowest BCUT2D eigenvalue weighted by Crippen LogP contribution is -2.25. The third-order valence-corrected chi connectivity index (χ3v) is 4.63. The summed E-state index contributed by atoms with van der Waals surface area (Å²) >= 11 is 0. The van der Waals surface area contributed by atoms with Crippen LogP contribution in [0.25, 0.3) is 0 Å². The van der Waals surface area contributed by atoms with Crippen LogP contribution in [-0.2, 0) is 13.0 Å². The number of nitrogens with one attached hydrogen (secondary N) is 1. The summed E-state index contributed by atoms with van der Waals surface area (Å²) in [6, 6.07) is 17.2. The minimum atomic E-state index is -0.212. The van der Waals surface area contributed by atoms with Gasteiger partial charge in [0.25, 0.3) is 0 Å². The molecule has 5 heteroatoms. The van der Waals surface area contributed by atoms with Crippen LogP contribution in [0.4, 0.5) is 21.7 Å². The summed E-state index contributed by atoms with van der Waals surface area (Å²) in [4.78, 5) is 11.3. The summed E-state index contributed by atoms with van der Waals surface area (Å²) < 4.78 is 13.8. The van der Waals surface area contributed by atoms with Gasteiger partial charge in [0.05, 0.1) is 0 Å². The Labute approximate surface area is 152 Å². The third-order valence-electron chi connectivity index (χ3n) is 4.63. The van der Waals surface area contributed by atoms with Crippen LogP contribution in [0.1, 0.15) is 23.4 Å². The summed E-state index contributed by atoms with van der Waals surface area (Å²) in [5.41, 5.74) is 3.17. The second kappa shape index (κ2) is 7.12. The van der Waals surface area contributed by atoms with Crippen molar-refractivity contribution in [3.05, 3.63) is 77.4 Å². The van der Waals surface area contributed by atoms with Gasteiger partial charge < -0.3 is 10.2 Å². The van der Waals surface area contributed by atoms with E-state index in [0.717, 1.165) is 25.2 Å². The van der Waals surface area contributed by atoms with E-state index in [4.69, 9.17) is 0 Å². The van der Waals surface area contributed by atoms with E-state index in [1.54, 1.807) is 12.1 Å². The van der Waals surface area contributed by atoms with Gasteiger partial charge >= 0.3 is 0 Å². The second-order valence-corrected chi connectivity index (χ2v) is 6.49. The van der Waals surface area contributed by atoms with E-state index in [0.29, 0.717) is 23.8 Å². The fourth-order valence-electron chi connectivity index (χ4n) is 3.38. The van der Waals surface area contributed by atoms with Crippen molar-refractivity contribution in [1.82, 2.24) is 9.97 Å². The zero-order chi connectivity index (χ0) is 17.9. The molecule has 4 rings (SSSR count). The largest absolute Gasteiger partial charge is 0.366 e. The Morgan fingerprint density at radius 1 is 1.08 bits per heavy atom. The Morgan fingerprint density at radius 3 is 2.77 bits per heavy atom. The molecule has 0 spiro atoms. The number of benzene rings is 2. The van der Waals surface area contributed by atoms with E-state index >= 15 is 0 Å². The molecular formula is C21H21FN4. The maximum absolute atomic E-state index is 13.8. The van der Waals surface area contributed by atoms with Gasteiger partial charge in [-0.1, -0.05) is 36.4 Å². The number of fused-ring (bicyclic) bond motifs is 1. The molecule has 0 saturated carbocycles. The van der Waals surface area contributed by atoms with Gasteiger partial charge in [-0.25, -0.2) is 14.4 Å². The zero-order valence-corrected chi connectivity index (χ0v) is 14.7. The molecule has 0 bridgehead atoms. The van der Waals surface area contributed by atoms with Gasteiger partial charge in [-0.3, -0.25) is 0 Å². The fraction of sp³-hybridized carbons (Fsp3) is 0.238. The molecule has 26 heavy (non-hydrogen) atoms. The van der Waals surface area contributed by atoms with E-state index < -0.39 is 0 Å². The molecule has 0 radical (unpaired) electrons. The average Bonchev–Trinajstić information content (AvgIpc) is 2.66. The maximum atomic E-state index is 13.8. The van der Waals surface area contributed by atoms with Crippen LogP contribution in [-0.4, -0.2) is 16.5 Å². The quantitative estimate of drug-likeness (QED) is 0.747. The lowest BCUT2D eigenvalue weighted by Gasteiger charge is -2.30. The number of hydrogen-bond acceptors (Lipinski definition) is 4. The van der Waals surface area contributed by atoms with Gasteiger partial charge in [0.1, 0.15) is 23.3 Å². The van der Waals surface area contributed by atoms with Gasteiger partial charge in [-0.15, -0.1) is 0 Å². The molecule has 0 amide bonds. The van der Waals surface area contributed by atoms with Crippen LogP contribution in [0.15, 0.2) is 54.6 Å². The number of para-hydroxylation sites is 1. The van der Waals surface area contributed by atoms with E-state index in [1.165, 1.54) is 17.3 Å². The van der Waals surface area contributed by atoms with Crippen LogP contribution in [0, 0.1) is 12.7 Å². The van der Waals surface area contributed by atoms with Crippen molar-refractivity contribution in [3.63, 3.8) is 0 Å². The molecular weight excluding hydrogens is 327 g/mol. The Bertz CT molecular complexity index is 925. The summed E-state index contributed by atoms with van der Waals surface area (Å²) in [7, 11) is 0. The van der Waals surface area contributed by atoms with Crippen molar-refractivity contribution in [2.24, 2.45) is 0 Å². The first-order chi connectivity index (χ1) is 12.7. The Morgan fingerprint density at radius 2 is 1.88 bits per heavy atom. The molecule has 4 nitrogen and oxygen atoms in total. The van der Waals surface area contributed by atoms with E-state index in [9.17, 15) is 4.39 Å². The number of anilines is 3. The zero-order valence-electron chi connectivity index (χ0n) is 14.7. The molecule has 132 valence electrons. The van der Waals surface area contributed by atoms with E-state index in [-0.39, 0.29) is 5.82 Å². The molecule has 1 aliphatic rings. The summed E-state index contributed by atoms with van der Waals surface area (Å²) in [6.07, 6.45) is 2.19. The number of nitrogens with zero attached hydrogens (tertiary/aromatic N) is 3. The highest BCUT2D eigenvalue weighted by molar-refractivity contribution is 5.67. The predicted molar refractivity (Wildman–Crippen MR) is 102 cm³/mol. The lowest BCUT2D eigenvalue weighted by atomic mass is 10.0. The van der Waals surface area contributed by atoms with Gasteiger partial charge in [0.2, 0.25) is 0 Å². The van der Waals surface area contributed by atoms with Gasteiger partial charge in [-0.2, -0.15) is 0 Å². The third kappa shape index (κ3) is 3.38. The predicted octanol–water partition coefficient (Wildman–Crippen LogP) is 4.62. The van der Waals surface area contributed by atoms with Crippen molar-refractivity contribution in [2.45, 2.75) is 26.3 Å². The minimum Gasteiger partial charge on any atom is -0.366 e. The van der Waals surface area contributed by atoms with Crippen LogP contribution in [0.2, 0.25) is 0 Å². The Hall–Kier alpha value is -2.95. The normalized spacial score (nSPS) is 13.4. The number of aryl methyl sites for hydroxylation is 2. The molecule has 1 aliphatic heterocycles. The minimum absolute atomic E-state index is 0.212. The molecule has 3 aromatic rings. The molecule has 0 aliphatic carbocycles. The highest BCUT2D eigenvalue weighted by Crippen LogP contribution is 2.33. The van der Waals surface area contributed by atoms with Crippen LogP contribution >= 0.6 is 0 Å². The first kappa shape index (κ1) is 16.5. The maximum Gasteiger partial charge on any atom is 0.138 e. The molecule has 0 saturated heterocycles. The van der Waals surface area contributed by atoms with Crippen molar-refractivity contribution in [2.75, 3.05) is 16.8 Å². The summed E-state index contributed by atoms with van der Waals surface area (Å²) in [5, 5.41) is 3.23. The lowest BCUT2D eigenvalue weighted by molar-refractivity contribution is 0.613. The number of halogens is 1. The molecule has 0 fully saturated rings. The standard InChI is InChI=1S/C21H21FN4/c1-15-24-20(23-14-17-8-2-4-10-18(17)22)13-21(25-15)26-12-6-9-16-7-3-5-11-19(16)26/h2-5,7-8,10-11,13H,6,9,12,14H2,1H3,(H,23,24,25). The summed E-state index contributed by atoms with van der Waals surface area (Å²) in [5.74, 6) is 2.07.